The standard InChI is InChI=1S/C17H12BrNOS/c18-15-10-13(17(19)21)6-8-16(15)20-14-7-5-11-3-1-2-4-12(11)9-14/h1-10H,(H2,19,21). The lowest BCUT2D eigenvalue weighted by molar-refractivity contribution is 0.480. The summed E-state index contributed by atoms with van der Waals surface area (Å²) in [5, 5.41) is 2.33. The van der Waals surface area contributed by atoms with E-state index in [-0.39, 0.29) is 0 Å². The zero-order chi connectivity index (χ0) is 14.8. The summed E-state index contributed by atoms with van der Waals surface area (Å²) in [7, 11) is 0. The van der Waals surface area contributed by atoms with Crippen molar-refractivity contribution in [1.29, 1.82) is 0 Å². The highest BCUT2D eigenvalue weighted by Crippen LogP contribution is 2.31. The van der Waals surface area contributed by atoms with Gasteiger partial charge in [-0.2, -0.15) is 0 Å². The molecule has 21 heavy (non-hydrogen) atoms. The van der Waals surface area contributed by atoms with E-state index in [1.165, 1.54) is 5.39 Å². The Balaban J connectivity index is 1.93. The van der Waals surface area contributed by atoms with Crippen LogP contribution in [-0.2, 0) is 0 Å². The normalized spacial score (nSPS) is 10.5. The molecule has 0 heterocycles. The Morgan fingerprint density at radius 3 is 2.43 bits per heavy atom. The molecule has 0 atom stereocenters. The van der Waals surface area contributed by atoms with Gasteiger partial charge in [0.25, 0.3) is 0 Å². The SMILES string of the molecule is NC(=S)c1ccc(Oc2ccc3ccccc3c2)c(Br)c1. The molecule has 4 heteroatoms. The third-order valence-corrected chi connectivity index (χ3v) is 4.02. The number of halogens is 1. The molecule has 3 aromatic rings. The Bertz CT molecular complexity index is 832. The van der Waals surface area contributed by atoms with Crippen molar-refractivity contribution in [2.24, 2.45) is 5.73 Å². The molecule has 2 nitrogen and oxygen atoms in total. The van der Waals surface area contributed by atoms with Gasteiger partial charge >= 0.3 is 0 Å². The van der Waals surface area contributed by atoms with Gasteiger partial charge in [-0.15, -0.1) is 0 Å². The van der Waals surface area contributed by atoms with Crippen molar-refractivity contribution < 1.29 is 4.74 Å². The first kappa shape index (κ1) is 14.0. The fourth-order valence-corrected chi connectivity index (χ4v) is 2.68. The summed E-state index contributed by atoms with van der Waals surface area (Å²) in [5.41, 5.74) is 6.43. The summed E-state index contributed by atoms with van der Waals surface area (Å²) < 4.78 is 6.74. The van der Waals surface area contributed by atoms with Crippen LogP contribution in [0.1, 0.15) is 5.56 Å². The highest BCUT2D eigenvalue weighted by molar-refractivity contribution is 9.10. The second-order valence-corrected chi connectivity index (χ2v) is 5.91. The minimum Gasteiger partial charge on any atom is -0.456 e. The maximum atomic E-state index is 5.92. The van der Waals surface area contributed by atoms with Gasteiger partial charge in [0.1, 0.15) is 16.5 Å². The molecule has 0 spiro atoms. The van der Waals surface area contributed by atoms with Crippen LogP contribution in [0.15, 0.2) is 65.1 Å². The lowest BCUT2D eigenvalue weighted by atomic mass is 10.1. The Labute approximate surface area is 136 Å². The van der Waals surface area contributed by atoms with Crippen molar-refractivity contribution >= 4 is 43.9 Å². The molecule has 104 valence electrons. The molecule has 0 saturated carbocycles. The van der Waals surface area contributed by atoms with Gasteiger partial charge in [-0.05, 0) is 57.0 Å². The zero-order valence-electron chi connectivity index (χ0n) is 11.0. The predicted octanol–water partition coefficient (Wildman–Crippen LogP) is 5.03. The van der Waals surface area contributed by atoms with Crippen LogP contribution in [-0.4, -0.2) is 4.99 Å². The number of hydrogen-bond donors (Lipinski definition) is 1. The molecule has 3 rings (SSSR count). The summed E-state index contributed by atoms with van der Waals surface area (Å²) >= 11 is 8.45. The first-order valence-corrected chi connectivity index (χ1v) is 7.59. The first-order valence-electron chi connectivity index (χ1n) is 6.39. The summed E-state index contributed by atoms with van der Waals surface area (Å²) in [6, 6.07) is 19.8. The van der Waals surface area contributed by atoms with E-state index in [1.54, 1.807) is 0 Å². The molecular weight excluding hydrogens is 346 g/mol. The molecule has 0 aliphatic carbocycles. The number of hydrogen-bond acceptors (Lipinski definition) is 2. The van der Waals surface area contributed by atoms with Gasteiger partial charge in [-0.1, -0.05) is 42.5 Å². The Morgan fingerprint density at radius 2 is 1.71 bits per heavy atom. The Hall–Kier alpha value is -1.91. The summed E-state index contributed by atoms with van der Waals surface area (Å²) in [4.78, 5) is 0.368. The molecule has 0 aromatic heterocycles. The molecule has 0 bridgehead atoms. The average Bonchev–Trinajstić information content (AvgIpc) is 2.49. The van der Waals surface area contributed by atoms with Crippen LogP contribution in [0.2, 0.25) is 0 Å². The van der Waals surface area contributed by atoms with Gasteiger partial charge in [0.15, 0.2) is 0 Å². The first-order chi connectivity index (χ1) is 10.1. The highest BCUT2D eigenvalue weighted by atomic mass is 79.9. The highest BCUT2D eigenvalue weighted by Gasteiger charge is 2.06. The number of rotatable bonds is 3. The molecule has 3 aromatic carbocycles. The maximum absolute atomic E-state index is 5.92. The Morgan fingerprint density at radius 1 is 0.952 bits per heavy atom. The van der Waals surface area contributed by atoms with E-state index in [2.05, 4.69) is 28.1 Å². The molecule has 0 radical (unpaired) electrons. The van der Waals surface area contributed by atoms with Crippen molar-refractivity contribution in [3.8, 4) is 11.5 Å². The van der Waals surface area contributed by atoms with E-state index in [0.29, 0.717) is 4.99 Å². The summed E-state index contributed by atoms with van der Waals surface area (Å²) in [5.74, 6) is 1.52. The number of nitrogens with two attached hydrogens (primary N) is 1. The lowest BCUT2D eigenvalue weighted by Crippen LogP contribution is -2.08. The van der Waals surface area contributed by atoms with Gasteiger partial charge in [-0.3, -0.25) is 0 Å². The van der Waals surface area contributed by atoms with Crippen LogP contribution < -0.4 is 10.5 Å². The molecular formula is C17H12BrNOS. The predicted molar refractivity (Wildman–Crippen MR) is 94.1 cm³/mol. The lowest BCUT2D eigenvalue weighted by Gasteiger charge is -2.10. The molecule has 0 saturated heterocycles. The van der Waals surface area contributed by atoms with Gasteiger partial charge < -0.3 is 10.5 Å². The number of fused-ring (bicyclic) bond motifs is 1. The average molecular weight is 358 g/mol. The summed E-state index contributed by atoms with van der Waals surface area (Å²) in [6.45, 7) is 0. The summed E-state index contributed by atoms with van der Waals surface area (Å²) in [6.07, 6.45) is 0. The fourth-order valence-electron chi connectivity index (χ4n) is 2.09. The van der Waals surface area contributed by atoms with Crippen molar-refractivity contribution in [2.45, 2.75) is 0 Å². The zero-order valence-corrected chi connectivity index (χ0v) is 13.4. The molecule has 0 fully saturated rings. The van der Waals surface area contributed by atoms with Gasteiger partial charge in [-0.25, -0.2) is 0 Å². The Kier molecular flexibility index (Phi) is 3.90. The second-order valence-electron chi connectivity index (χ2n) is 4.62. The molecule has 0 aliphatic heterocycles. The van der Waals surface area contributed by atoms with E-state index < -0.39 is 0 Å². The maximum Gasteiger partial charge on any atom is 0.141 e. The van der Waals surface area contributed by atoms with Crippen molar-refractivity contribution in [3.63, 3.8) is 0 Å². The van der Waals surface area contributed by atoms with E-state index in [0.717, 1.165) is 26.9 Å². The van der Waals surface area contributed by atoms with Gasteiger partial charge in [0.05, 0.1) is 4.47 Å². The molecule has 0 aliphatic rings. The molecule has 0 amide bonds. The van der Waals surface area contributed by atoms with Crippen LogP contribution >= 0.6 is 28.1 Å². The third kappa shape index (κ3) is 3.06. The minimum absolute atomic E-state index is 0.368. The minimum atomic E-state index is 0.368. The van der Waals surface area contributed by atoms with Gasteiger partial charge in [0.2, 0.25) is 0 Å². The van der Waals surface area contributed by atoms with Crippen LogP contribution in [0.5, 0.6) is 11.5 Å². The van der Waals surface area contributed by atoms with Crippen molar-refractivity contribution in [2.75, 3.05) is 0 Å². The van der Waals surface area contributed by atoms with E-state index in [4.69, 9.17) is 22.7 Å². The van der Waals surface area contributed by atoms with E-state index in [9.17, 15) is 0 Å². The largest absolute Gasteiger partial charge is 0.456 e. The van der Waals surface area contributed by atoms with Crippen molar-refractivity contribution in [3.05, 3.63) is 70.7 Å². The number of benzene rings is 3. The molecule has 0 unspecified atom stereocenters. The quantitative estimate of drug-likeness (QED) is 0.667. The monoisotopic (exact) mass is 357 g/mol. The fraction of sp³-hybridized carbons (Fsp3) is 0. The van der Waals surface area contributed by atoms with Crippen molar-refractivity contribution in [1.82, 2.24) is 0 Å². The van der Waals surface area contributed by atoms with Crippen LogP contribution in [0, 0.1) is 0 Å². The second kappa shape index (κ2) is 5.84. The third-order valence-electron chi connectivity index (χ3n) is 3.17. The number of ether oxygens (including phenoxy) is 1. The topological polar surface area (TPSA) is 35.2 Å². The van der Waals surface area contributed by atoms with E-state index >= 15 is 0 Å². The van der Waals surface area contributed by atoms with Crippen LogP contribution in [0.25, 0.3) is 10.8 Å². The van der Waals surface area contributed by atoms with Crippen LogP contribution in [0.4, 0.5) is 0 Å². The smallest absolute Gasteiger partial charge is 0.141 e. The molecule has 2 N–H and O–H groups in total. The van der Waals surface area contributed by atoms with E-state index in [1.807, 2.05) is 48.5 Å². The number of thiocarbonyl (C=S) groups is 1. The van der Waals surface area contributed by atoms with Gasteiger partial charge in [0, 0.05) is 5.56 Å². The van der Waals surface area contributed by atoms with Crippen LogP contribution in [0.3, 0.4) is 0 Å².